The Labute approximate surface area is 189 Å². The Morgan fingerprint density at radius 3 is 1.90 bits per heavy atom. The van der Waals surface area contributed by atoms with Crippen LogP contribution in [-0.4, -0.2) is 38.5 Å². The topological polar surface area (TPSA) is 36.9 Å². The lowest BCUT2D eigenvalue weighted by molar-refractivity contribution is -0.278. The summed E-state index contributed by atoms with van der Waals surface area (Å²) in [5.74, 6) is 5.26. The Kier molecular flexibility index (Phi) is 6.62. The number of fused-ring (bicyclic) bond motifs is 4. The summed E-state index contributed by atoms with van der Waals surface area (Å²) in [5, 5.41) is 0. The zero-order chi connectivity index (χ0) is 20.6. The normalized spacial score (nSPS) is 49.4. The van der Waals surface area contributed by atoms with Crippen LogP contribution in [0.1, 0.15) is 89.9 Å². The van der Waals surface area contributed by atoms with Crippen molar-refractivity contribution >= 4 is 0 Å². The van der Waals surface area contributed by atoms with Crippen LogP contribution in [0.4, 0.5) is 0 Å². The van der Waals surface area contributed by atoms with E-state index in [2.05, 4.69) is 0 Å². The summed E-state index contributed by atoms with van der Waals surface area (Å²) >= 11 is 0. The van der Waals surface area contributed by atoms with Crippen molar-refractivity contribution < 1.29 is 18.9 Å². The molecule has 6 aliphatic rings. The highest BCUT2D eigenvalue weighted by atomic mass is 16.7. The monoisotopic (exact) mass is 432 g/mol. The molecule has 31 heavy (non-hydrogen) atoms. The first kappa shape index (κ1) is 21.4. The number of hydrogen-bond donors (Lipinski definition) is 0. The molecule has 2 heterocycles. The minimum atomic E-state index is -0.00478. The number of ether oxygens (including phenoxy) is 4. The van der Waals surface area contributed by atoms with E-state index in [-0.39, 0.29) is 12.6 Å². The fourth-order valence-electron chi connectivity index (χ4n) is 8.67. The molecule has 0 aromatic heterocycles. The third-order valence-corrected chi connectivity index (χ3v) is 9.89. The van der Waals surface area contributed by atoms with Crippen molar-refractivity contribution in [1.29, 1.82) is 0 Å². The van der Waals surface area contributed by atoms with E-state index in [0.717, 1.165) is 62.8 Å². The Morgan fingerprint density at radius 1 is 0.484 bits per heavy atom. The molecule has 0 aromatic carbocycles. The highest BCUT2D eigenvalue weighted by molar-refractivity contribution is 4.96. The van der Waals surface area contributed by atoms with Gasteiger partial charge in [-0.1, -0.05) is 38.5 Å². The second-order valence-corrected chi connectivity index (χ2v) is 11.9. The van der Waals surface area contributed by atoms with E-state index in [0.29, 0.717) is 23.9 Å². The molecule has 4 saturated carbocycles. The van der Waals surface area contributed by atoms with Gasteiger partial charge in [-0.3, -0.25) is 0 Å². The molecule has 0 aromatic rings. The number of hydrogen-bond acceptors (Lipinski definition) is 4. The highest BCUT2D eigenvalue weighted by Crippen LogP contribution is 2.52. The van der Waals surface area contributed by atoms with E-state index >= 15 is 0 Å². The molecule has 2 aliphatic heterocycles. The summed E-state index contributed by atoms with van der Waals surface area (Å²) < 4.78 is 25.9. The van der Waals surface area contributed by atoms with Gasteiger partial charge in [-0.15, -0.1) is 0 Å². The van der Waals surface area contributed by atoms with Crippen molar-refractivity contribution in [2.45, 2.75) is 109 Å². The van der Waals surface area contributed by atoms with Crippen LogP contribution in [0.2, 0.25) is 0 Å². The van der Waals surface area contributed by atoms with Crippen molar-refractivity contribution in [3.8, 4) is 0 Å². The second kappa shape index (κ2) is 9.60. The fourth-order valence-corrected chi connectivity index (χ4v) is 8.67. The molecule has 8 atom stereocenters. The second-order valence-electron chi connectivity index (χ2n) is 11.9. The van der Waals surface area contributed by atoms with Gasteiger partial charge in [-0.05, 0) is 81.0 Å². The first-order valence-electron chi connectivity index (χ1n) is 13.8. The zero-order valence-corrected chi connectivity index (χ0v) is 19.4. The van der Waals surface area contributed by atoms with Crippen molar-refractivity contribution in [1.82, 2.24) is 0 Å². The van der Waals surface area contributed by atoms with Crippen LogP contribution < -0.4 is 0 Å². The SMILES string of the molecule is C1CCOC(C2CC3CCCC(C3)C2C2CCOC(C3CC4CCCC(C4)C3)O2)OC1. The van der Waals surface area contributed by atoms with Gasteiger partial charge in [-0.25, -0.2) is 0 Å². The molecule has 0 amide bonds. The van der Waals surface area contributed by atoms with Crippen molar-refractivity contribution in [2.24, 2.45) is 41.4 Å². The Balaban J connectivity index is 1.19. The lowest BCUT2D eigenvalue weighted by Crippen LogP contribution is -2.52. The van der Waals surface area contributed by atoms with Crippen molar-refractivity contribution in [3.05, 3.63) is 0 Å². The summed E-state index contributed by atoms with van der Waals surface area (Å²) in [6, 6.07) is 0. The van der Waals surface area contributed by atoms with Gasteiger partial charge in [0, 0.05) is 25.0 Å². The number of rotatable bonds is 3. The lowest BCUT2D eigenvalue weighted by Gasteiger charge is -2.52. The van der Waals surface area contributed by atoms with Gasteiger partial charge in [0.05, 0.1) is 12.7 Å². The molecule has 0 spiro atoms. The minimum Gasteiger partial charge on any atom is -0.352 e. The first-order chi connectivity index (χ1) is 15.3. The van der Waals surface area contributed by atoms with Gasteiger partial charge in [0.25, 0.3) is 0 Å². The smallest absolute Gasteiger partial charge is 0.160 e. The summed E-state index contributed by atoms with van der Waals surface area (Å²) in [5.41, 5.74) is 0. The summed E-state index contributed by atoms with van der Waals surface area (Å²) in [7, 11) is 0. The van der Waals surface area contributed by atoms with Gasteiger partial charge in [-0.2, -0.15) is 0 Å². The average molecular weight is 433 g/mol. The maximum atomic E-state index is 6.94. The largest absolute Gasteiger partial charge is 0.352 e. The molecule has 6 fully saturated rings. The molecule has 2 saturated heterocycles. The minimum absolute atomic E-state index is 0.00478. The molecule has 4 heteroatoms. The first-order valence-corrected chi connectivity index (χ1v) is 13.8. The van der Waals surface area contributed by atoms with Crippen molar-refractivity contribution in [3.63, 3.8) is 0 Å². The van der Waals surface area contributed by atoms with E-state index < -0.39 is 0 Å². The quantitative estimate of drug-likeness (QED) is 0.554. The van der Waals surface area contributed by atoms with Crippen molar-refractivity contribution in [2.75, 3.05) is 19.8 Å². The van der Waals surface area contributed by atoms with Crippen LogP contribution in [0.3, 0.4) is 0 Å². The standard InChI is InChI=1S/C27H44O4/c1-2-11-29-27(28-10-1)23-17-20-7-4-8-21(14-20)25(23)24-9-12-30-26(31-24)22-15-18-5-3-6-19(13-18)16-22/h18-27H,1-17H2. The van der Waals surface area contributed by atoms with Crippen LogP contribution in [0.5, 0.6) is 0 Å². The molecule has 0 N–H and O–H groups in total. The van der Waals surface area contributed by atoms with Gasteiger partial charge in [0.2, 0.25) is 0 Å². The van der Waals surface area contributed by atoms with Gasteiger partial charge in [0.15, 0.2) is 12.6 Å². The summed E-state index contributed by atoms with van der Waals surface area (Å²) in [4.78, 5) is 0. The Morgan fingerprint density at radius 2 is 1.13 bits per heavy atom. The van der Waals surface area contributed by atoms with Crippen LogP contribution in [0, 0.1) is 41.4 Å². The Bertz CT molecular complexity index is 576. The highest BCUT2D eigenvalue weighted by Gasteiger charge is 2.49. The molecule has 6 rings (SSSR count). The maximum Gasteiger partial charge on any atom is 0.160 e. The molecule has 0 radical (unpaired) electrons. The molecule has 4 aliphatic carbocycles. The molecular formula is C27H44O4. The average Bonchev–Trinajstić information content (AvgIpc) is 3.08. The Hall–Kier alpha value is -0.160. The van der Waals surface area contributed by atoms with Gasteiger partial charge >= 0.3 is 0 Å². The predicted octanol–water partition coefficient (Wildman–Crippen LogP) is 5.93. The molecule has 8 unspecified atom stereocenters. The molecular weight excluding hydrogens is 388 g/mol. The van der Waals surface area contributed by atoms with E-state index in [4.69, 9.17) is 18.9 Å². The third kappa shape index (κ3) is 4.61. The van der Waals surface area contributed by atoms with E-state index in [1.807, 2.05) is 0 Å². The predicted molar refractivity (Wildman–Crippen MR) is 119 cm³/mol. The molecule has 176 valence electrons. The lowest BCUT2D eigenvalue weighted by atomic mass is 9.60. The maximum absolute atomic E-state index is 6.94. The van der Waals surface area contributed by atoms with E-state index in [9.17, 15) is 0 Å². The van der Waals surface area contributed by atoms with Crippen LogP contribution in [-0.2, 0) is 18.9 Å². The molecule has 4 bridgehead atoms. The van der Waals surface area contributed by atoms with Crippen LogP contribution >= 0.6 is 0 Å². The molecule has 4 nitrogen and oxygen atoms in total. The van der Waals surface area contributed by atoms with Gasteiger partial charge < -0.3 is 18.9 Å². The van der Waals surface area contributed by atoms with Crippen LogP contribution in [0.15, 0.2) is 0 Å². The van der Waals surface area contributed by atoms with Crippen LogP contribution in [0.25, 0.3) is 0 Å². The summed E-state index contributed by atoms with van der Waals surface area (Å²) in [6.45, 7) is 2.61. The van der Waals surface area contributed by atoms with Gasteiger partial charge in [0.1, 0.15) is 0 Å². The third-order valence-electron chi connectivity index (χ3n) is 9.89. The van der Waals surface area contributed by atoms with E-state index in [1.165, 1.54) is 70.6 Å². The zero-order valence-electron chi connectivity index (χ0n) is 19.4. The fraction of sp³-hybridized carbons (Fsp3) is 1.00. The van der Waals surface area contributed by atoms with E-state index in [1.54, 1.807) is 0 Å². The summed E-state index contributed by atoms with van der Waals surface area (Å²) in [6.07, 6.45) is 19.1.